The number of anilines is 4. The third kappa shape index (κ3) is 6.49. The van der Waals surface area contributed by atoms with Crippen molar-refractivity contribution in [3.05, 3.63) is 47.3 Å². The molecule has 0 atom stereocenters. The second-order valence-corrected chi connectivity index (χ2v) is 11.5. The van der Waals surface area contributed by atoms with Crippen molar-refractivity contribution < 1.29 is 18.5 Å². The molecule has 3 aromatic rings. The number of benzene rings is 1. The van der Waals surface area contributed by atoms with Crippen LogP contribution in [0.3, 0.4) is 0 Å². The van der Waals surface area contributed by atoms with Crippen LogP contribution in [-0.4, -0.2) is 107 Å². The number of hydrogen-bond acceptors (Lipinski definition) is 13. The Hall–Kier alpha value is -4.21. The predicted molar refractivity (Wildman–Crippen MR) is 168 cm³/mol. The number of nitrogens with two attached hydrogens (primary N) is 1. The minimum absolute atomic E-state index is 0.0433. The van der Waals surface area contributed by atoms with E-state index < -0.39 is 6.09 Å². The van der Waals surface area contributed by atoms with Crippen LogP contribution in [0.5, 0.6) is 0 Å². The quantitative estimate of drug-likeness (QED) is 0.294. The summed E-state index contributed by atoms with van der Waals surface area (Å²) in [5.41, 5.74) is 9.96. The normalized spacial score (nSPS) is 17.0. The van der Waals surface area contributed by atoms with Gasteiger partial charge in [-0.1, -0.05) is 13.0 Å². The number of rotatable bonds is 7. The number of carbonyl (C=O) groups excluding carboxylic acids is 2. The van der Waals surface area contributed by atoms with E-state index in [1.54, 1.807) is 24.5 Å². The van der Waals surface area contributed by atoms with Gasteiger partial charge in [0.15, 0.2) is 18.0 Å². The molecule has 1 aromatic carbocycles. The zero-order chi connectivity index (χ0) is 30.6. The number of piperazine rings is 1. The minimum Gasteiger partial charge on any atom is -0.378 e. The molecule has 5 heterocycles. The fourth-order valence-corrected chi connectivity index (χ4v) is 6.03. The summed E-state index contributed by atoms with van der Waals surface area (Å²) in [5.74, 6) is 1.37. The lowest BCUT2D eigenvalue weighted by atomic mass is 10.1. The number of morpholine rings is 1. The summed E-state index contributed by atoms with van der Waals surface area (Å²) < 4.78 is 12.9. The summed E-state index contributed by atoms with van der Waals surface area (Å²) in [7, 11) is 0. The standard InChI is InChI=1S/C29H36N10O4S/c1-3-36-8-10-37(11-9-36)26(40)20-5-4-19(2)23(16-20)33-29(41)43-44-39-7-6-22-24(21-17-31-27(30)32-18-21)34-28(35-25(22)39)38-12-14-42-15-13-38/h4-5,16-18H,3,6-15H2,1-2H3,(H,33,41)(H2,30,31,32). The van der Waals surface area contributed by atoms with E-state index in [1.165, 1.54) is 0 Å². The van der Waals surface area contributed by atoms with Crippen molar-refractivity contribution in [2.75, 3.05) is 85.8 Å². The lowest BCUT2D eigenvalue weighted by Gasteiger charge is -2.34. The summed E-state index contributed by atoms with van der Waals surface area (Å²) in [6.07, 6.45) is 3.30. The van der Waals surface area contributed by atoms with Crippen molar-refractivity contribution in [2.24, 2.45) is 0 Å². The van der Waals surface area contributed by atoms with E-state index >= 15 is 0 Å². The Morgan fingerprint density at radius 3 is 2.52 bits per heavy atom. The van der Waals surface area contributed by atoms with Crippen molar-refractivity contribution in [3.63, 3.8) is 0 Å². The molecular weight excluding hydrogens is 584 g/mol. The smallest absolute Gasteiger partial charge is 0.378 e. The molecule has 0 radical (unpaired) electrons. The Labute approximate surface area is 260 Å². The number of likely N-dealkylation sites (N-methyl/N-ethyl adjacent to an activating group) is 1. The summed E-state index contributed by atoms with van der Waals surface area (Å²) in [6, 6.07) is 5.34. The molecule has 2 saturated heterocycles. The van der Waals surface area contributed by atoms with Gasteiger partial charge in [-0.05, 0) is 37.6 Å². The van der Waals surface area contributed by atoms with Gasteiger partial charge in [-0.2, -0.15) is 4.98 Å². The van der Waals surface area contributed by atoms with E-state index in [2.05, 4.69) is 32.0 Å². The number of aryl methyl sites for hydroxylation is 1. The van der Waals surface area contributed by atoms with Gasteiger partial charge in [0, 0.05) is 80.6 Å². The molecule has 3 N–H and O–H groups in total. The maximum absolute atomic E-state index is 13.2. The van der Waals surface area contributed by atoms with Gasteiger partial charge in [-0.3, -0.25) is 14.4 Å². The summed E-state index contributed by atoms with van der Waals surface area (Å²) >= 11 is 0.914. The Balaban J connectivity index is 1.15. The van der Waals surface area contributed by atoms with Crippen LogP contribution in [0.25, 0.3) is 11.3 Å². The van der Waals surface area contributed by atoms with Crippen LogP contribution < -0.4 is 20.3 Å². The molecule has 15 heteroatoms. The van der Waals surface area contributed by atoms with Gasteiger partial charge in [0.05, 0.1) is 18.9 Å². The average molecular weight is 621 g/mol. The summed E-state index contributed by atoms with van der Waals surface area (Å²) in [5, 5.41) is 2.81. The molecule has 6 rings (SSSR count). The van der Waals surface area contributed by atoms with Crippen LogP contribution >= 0.6 is 12.2 Å². The molecule has 14 nitrogen and oxygen atoms in total. The maximum atomic E-state index is 13.2. The van der Waals surface area contributed by atoms with E-state index in [4.69, 9.17) is 24.6 Å². The van der Waals surface area contributed by atoms with Crippen molar-refractivity contribution in [1.82, 2.24) is 29.7 Å². The lowest BCUT2D eigenvalue weighted by Crippen LogP contribution is -2.48. The number of amides is 2. The zero-order valence-electron chi connectivity index (χ0n) is 24.9. The number of nitrogen functional groups attached to an aromatic ring is 1. The highest BCUT2D eigenvalue weighted by Crippen LogP contribution is 2.38. The maximum Gasteiger partial charge on any atom is 0.425 e. The van der Waals surface area contributed by atoms with E-state index in [0.29, 0.717) is 75.4 Å². The molecule has 0 bridgehead atoms. The third-order valence-corrected chi connectivity index (χ3v) is 8.81. The van der Waals surface area contributed by atoms with Gasteiger partial charge in [0.1, 0.15) is 0 Å². The van der Waals surface area contributed by atoms with Gasteiger partial charge in [0.2, 0.25) is 11.9 Å². The first-order chi connectivity index (χ1) is 21.4. The number of fused-ring (bicyclic) bond motifs is 1. The first-order valence-electron chi connectivity index (χ1n) is 14.8. The molecule has 2 amide bonds. The van der Waals surface area contributed by atoms with Crippen molar-refractivity contribution in [3.8, 4) is 11.3 Å². The van der Waals surface area contributed by atoms with Crippen LogP contribution in [0, 0.1) is 6.92 Å². The largest absolute Gasteiger partial charge is 0.425 e. The minimum atomic E-state index is -0.651. The zero-order valence-corrected chi connectivity index (χ0v) is 25.7. The number of hydrogen-bond donors (Lipinski definition) is 2. The van der Waals surface area contributed by atoms with Crippen molar-refractivity contribution in [2.45, 2.75) is 20.3 Å². The van der Waals surface area contributed by atoms with Crippen LogP contribution in [0.2, 0.25) is 0 Å². The molecule has 0 spiro atoms. The van der Waals surface area contributed by atoms with Crippen molar-refractivity contribution in [1.29, 1.82) is 0 Å². The first-order valence-corrected chi connectivity index (χ1v) is 15.5. The lowest BCUT2D eigenvalue weighted by molar-refractivity contribution is 0.0643. The highest BCUT2D eigenvalue weighted by atomic mass is 32.2. The fourth-order valence-electron chi connectivity index (χ4n) is 5.44. The molecule has 3 aliphatic rings. The SMILES string of the molecule is CCN1CCN(C(=O)c2ccc(C)c(NC(=O)OSN3CCc4c(-c5cnc(N)nc5)nc(N5CCOCC5)nc43)c2)CC1. The highest BCUT2D eigenvalue weighted by Gasteiger charge is 2.30. The first kappa shape index (κ1) is 29.8. The number of carbonyl (C=O) groups is 2. The van der Waals surface area contributed by atoms with Crippen LogP contribution in [0.15, 0.2) is 30.6 Å². The molecule has 0 saturated carbocycles. The third-order valence-electron chi connectivity index (χ3n) is 8.04. The number of nitrogens with zero attached hydrogens (tertiary/aromatic N) is 8. The van der Waals surface area contributed by atoms with Gasteiger partial charge in [-0.15, -0.1) is 0 Å². The number of aromatic nitrogens is 4. The number of ether oxygens (including phenoxy) is 1. The van der Waals surface area contributed by atoms with Crippen LogP contribution in [0.1, 0.15) is 28.4 Å². The average Bonchev–Trinajstić information content (AvgIpc) is 3.48. The summed E-state index contributed by atoms with van der Waals surface area (Å²) in [6.45, 7) is 11.1. The molecule has 2 fully saturated rings. The van der Waals surface area contributed by atoms with Crippen LogP contribution in [0.4, 0.5) is 28.2 Å². The van der Waals surface area contributed by atoms with Gasteiger partial charge < -0.3 is 29.4 Å². The van der Waals surface area contributed by atoms with Gasteiger partial charge >= 0.3 is 6.09 Å². The topological polar surface area (TPSA) is 155 Å². The molecule has 232 valence electrons. The highest BCUT2D eigenvalue weighted by molar-refractivity contribution is 7.96. The second-order valence-electron chi connectivity index (χ2n) is 10.8. The molecule has 44 heavy (non-hydrogen) atoms. The van der Waals surface area contributed by atoms with Crippen LogP contribution in [-0.2, 0) is 15.3 Å². The van der Waals surface area contributed by atoms with Gasteiger partial charge in [-0.25, -0.2) is 19.7 Å². The Morgan fingerprint density at radius 1 is 1.05 bits per heavy atom. The Morgan fingerprint density at radius 2 is 1.80 bits per heavy atom. The second kappa shape index (κ2) is 13.2. The molecule has 2 aromatic heterocycles. The Kier molecular flexibility index (Phi) is 8.95. The van der Waals surface area contributed by atoms with E-state index in [-0.39, 0.29) is 11.9 Å². The molecule has 3 aliphatic heterocycles. The molecule has 0 aliphatic carbocycles. The monoisotopic (exact) mass is 620 g/mol. The van der Waals surface area contributed by atoms with Crippen molar-refractivity contribution >= 4 is 47.6 Å². The van der Waals surface area contributed by atoms with Gasteiger partial charge in [0.25, 0.3) is 5.91 Å². The van der Waals surface area contributed by atoms with E-state index in [9.17, 15) is 9.59 Å². The Bertz CT molecular complexity index is 1510. The molecular formula is C29H36N10O4S. The molecule has 0 unspecified atom stereocenters. The number of nitrogens with one attached hydrogen (secondary N) is 1. The predicted octanol–water partition coefficient (Wildman–Crippen LogP) is 2.61. The van der Waals surface area contributed by atoms with E-state index in [0.717, 1.165) is 54.2 Å². The fraction of sp³-hybridized carbons (Fsp3) is 0.448. The summed E-state index contributed by atoms with van der Waals surface area (Å²) in [4.78, 5) is 50.4. The van der Waals surface area contributed by atoms with E-state index in [1.807, 2.05) is 22.2 Å².